The molecule has 0 aliphatic rings. The summed E-state index contributed by atoms with van der Waals surface area (Å²) in [6.45, 7) is 0.878. The van der Waals surface area contributed by atoms with Crippen molar-refractivity contribution in [2.24, 2.45) is 0 Å². The summed E-state index contributed by atoms with van der Waals surface area (Å²) in [5.41, 5.74) is 1.15. The molecule has 0 heterocycles. The van der Waals surface area contributed by atoms with E-state index in [1.54, 1.807) is 48.5 Å². The quantitative estimate of drug-likeness (QED) is 0.799. The van der Waals surface area contributed by atoms with Crippen molar-refractivity contribution in [2.75, 3.05) is 13.2 Å². The second-order valence-electron chi connectivity index (χ2n) is 5.10. The van der Waals surface area contributed by atoms with Gasteiger partial charge in [-0.1, -0.05) is 29.8 Å². The van der Waals surface area contributed by atoms with Crippen molar-refractivity contribution >= 4 is 29.4 Å². The Bertz CT molecular complexity index is 776. The first-order chi connectivity index (χ1) is 12.0. The van der Waals surface area contributed by atoms with E-state index in [9.17, 15) is 14.4 Å². The summed E-state index contributed by atoms with van der Waals surface area (Å²) < 4.78 is 10.0. The molecule has 0 radical (unpaired) electrons. The molecule has 0 spiro atoms. The van der Waals surface area contributed by atoms with E-state index < -0.39 is 24.4 Å². The van der Waals surface area contributed by atoms with E-state index in [0.29, 0.717) is 16.3 Å². The molecule has 2 amide bonds. The molecule has 2 aromatic rings. The highest BCUT2D eigenvalue weighted by Gasteiger charge is 2.13. The lowest BCUT2D eigenvalue weighted by molar-refractivity contribution is -0.150. The molecule has 1 N–H and O–H groups in total. The lowest BCUT2D eigenvalue weighted by Crippen LogP contribution is -2.34. The van der Waals surface area contributed by atoms with Crippen LogP contribution in [0.5, 0.6) is 5.75 Å². The smallest absolute Gasteiger partial charge is 0.344 e. The van der Waals surface area contributed by atoms with Crippen LogP contribution in [-0.4, -0.2) is 31.0 Å². The van der Waals surface area contributed by atoms with Gasteiger partial charge < -0.3 is 9.47 Å². The number of carbonyl (C=O) groups is 3. The van der Waals surface area contributed by atoms with Gasteiger partial charge in [-0.3, -0.25) is 14.9 Å². The monoisotopic (exact) mass is 361 g/mol. The van der Waals surface area contributed by atoms with Crippen LogP contribution >= 0.6 is 11.6 Å². The summed E-state index contributed by atoms with van der Waals surface area (Å²) >= 11 is 5.89. The third kappa shape index (κ3) is 5.93. The number of hydrogen-bond donors (Lipinski definition) is 1. The molecule has 0 unspecified atom stereocenters. The Balaban J connectivity index is 1.73. The maximum Gasteiger partial charge on any atom is 0.344 e. The number of ether oxygens (including phenoxy) is 2. The largest absolute Gasteiger partial charge is 0.482 e. The number of halogens is 1. The molecule has 0 aliphatic heterocycles. The molecule has 25 heavy (non-hydrogen) atoms. The molecule has 2 rings (SSSR count). The van der Waals surface area contributed by atoms with Crippen molar-refractivity contribution in [1.82, 2.24) is 5.32 Å². The number of hydrogen-bond acceptors (Lipinski definition) is 5. The van der Waals surface area contributed by atoms with Crippen molar-refractivity contribution < 1.29 is 23.9 Å². The molecular formula is C18H16ClNO5. The maximum atomic E-state index is 11.8. The van der Waals surface area contributed by atoms with Crippen LogP contribution in [0, 0.1) is 6.92 Å². The molecule has 0 aliphatic carbocycles. The minimum absolute atomic E-state index is 0.337. The number of carbonyl (C=O) groups excluding carboxylic acids is 3. The first-order valence-electron chi connectivity index (χ1n) is 7.39. The molecule has 0 fully saturated rings. The SMILES string of the molecule is Cc1cc(OCC(=O)OCC(=O)NC(=O)c2ccccc2)ccc1Cl. The molecule has 0 saturated carbocycles. The average Bonchev–Trinajstić information content (AvgIpc) is 2.61. The van der Waals surface area contributed by atoms with Gasteiger partial charge in [0.25, 0.3) is 11.8 Å². The third-order valence-electron chi connectivity index (χ3n) is 3.14. The van der Waals surface area contributed by atoms with Gasteiger partial charge in [-0.15, -0.1) is 0 Å². The number of nitrogens with one attached hydrogen (secondary N) is 1. The van der Waals surface area contributed by atoms with Crippen LogP contribution < -0.4 is 10.1 Å². The molecule has 0 atom stereocenters. The molecule has 0 saturated heterocycles. The van der Waals surface area contributed by atoms with Gasteiger partial charge in [0, 0.05) is 10.6 Å². The summed E-state index contributed by atoms with van der Waals surface area (Å²) in [5.74, 6) is -1.54. The zero-order valence-corrected chi connectivity index (χ0v) is 14.2. The fourth-order valence-corrected chi connectivity index (χ4v) is 1.98. The summed E-state index contributed by atoms with van der Waals surface area (Å²) in [5, 5.41) is 2.72. The van der Waals surface area contributed by atoms with Gasteiger partial charge in [0.1, 0.15) is 5.75 Å². The van der Waals surface area contributed by atoms with Gasteiger partial charge in [-0.05, 0) is 42.8 Å². The van der Waals surface area contributed by atoms with Crippen LogP contribution in [0.1, 0.15) is 15.9 Å². The number of benzene rings is 2. The number of rotatable bonds is 6. The Kier molecular flexibility index (Phi) is 6.54. The molecule has 7 heteroatoms. The van der Waals surface area contributed by atoms with E-state index in [-0.39, 0.29) is 6.61 Å². The summed E-state index contributed by atoms with van der Waals surface area (Å²) in [6.07, 6.45) is 0. The Hall–Kier alpha value is -2.86. The van der Waals surface area contributed by atoms with Gasteiger partial charge in [0.05, 0.1) is 0 Å². The highest BCUT2D eigenvalue weighted by Crippen LogP contribution is 2.20. The zero-order valence-electron chi connectivity index (χ0n) is 13.5. The maximum absolute atomic E-state index is 11.8. The van der Waals surface area contributed by atoms with Gasteiger partial charge >= 0.3 is 5.97 Å². The first kappa shape index (κ1) is 18.5. The summed E-state index contributed by atoms with van der Waals surface area (Å²) in [4.78, 5) is 35.0. The van der Waals surface area contributed by atoms with Crippen molar-refractivity contribution in [1.29, 1.82) is 0 Å². The number of aryl methyl sites for hydroxylation is 1. The predicted octanol–water partition coefficient (Wildman–Crippen LogP) is 2.53. The third-order valence-corrected chi connectivity index (χ3v) is 3.56. The van der Waals surface area contributed by atoms with Crippen LogP contribution in [0.3, 0.4) is 0 Å². The zero-order chi connectivity index (χ0) is 18.2. The molecule has 0 bridgehead atoms. The number of imide groups is 1. The van der Waals surface area contributed by atoms with Crippen molar-refractivity contribution in [3.05, 3.63) is 64.7 Å². The Morgan fingerprint density at radius 1 is 1.04 bits per heavy atom. The van der Waals surface area contributed by atoms with Crippen molar-refractivity contribution in [3.63, 3.8) is 0 Å². The molecular weight excluding hydrogens is 346 g/mol. The highest BCUT2D eigenvalue weighted by molar-refractivity contribution is 6.31. The van der Waals surface area contributed by atoms with Gasteiger partial charge in [-0.25, -0.2) is 4.79 Å². The Morgan fingerprint density at radius 2 is 1.76 bits per heavy atom. The second kappa shape index (κ2) is 8.84. The van der Waals surface area contributed by atoms with Crippen molar-refractivity contribution in [3.8, 4) is 5.75 Å². The van der Waals surface area contributed by atoms with E-state index in [0.717, 1.165) is 5.56 Å². The lowest BCUT2D eigenvalue weighted by atomic mass is 10.2. The van der Waals surface area contributed by atoms with Gasteiger partial charge in [0.15, 0.2) is 13.2 Å². The Morgan fingerprint density at radius 3 is 2.44 bits per heavy atom. The fraction of sp³-hybridized carbons (Fsp3) is 0.167. The normalized spacial score (nSPS) is 10.0. The predicted molar refractivity (Wildman–Crippen MR) is 91.6 cm³/mol. The van der Waals surface area contributed by atoms with Crippen LogP contribution in [0.25, 0.3) is 0 Å². The molecule has 2 aromatic carbocycles. The van der Waals surface area contributed by atoms with E-state index in [4.69, 9.17) is 21.1 Å². The standard InChI is InChI=1S/C18H16ClNO5/c1-12-9-14(7-8-15(12)19)24-11-17(22)25-10-16(21)20-18(23)13-5-3-2-4-6-13/h2-9H,10-11H2,1H3,(H,20,21,23). The second-order valence-corrected chi connectivity index (χ2v) is 5.51. The molecule has 6 nitrogen and oxygen atoms in total. The van der Waals surface area contributed by atoms with E-state index in [2.05, 4.69) is 5.32 Å². The van der Waals surface area contributed by atoms with Gasteiger partial charge in [0.2, 0.25) is 0 Å². The van der Waals surface area contributed by atoms with Crippen LogP contribution in [-0.2, 0) is 14.3 Å². The van der Waals surface area contributed by atoms with Crippen LogP contribution in [0.4, 0.5) is 0 Å². The Labute approximate surface area is 149 Å². The number of amides is 2. The first-order valence-corrected chi connectivity index (χ1v) is 7.77. The summed E-state index contributed by atoms with van der Waals surface area (Å²) in [7, 11) is 0. The fourth-order valence-electron chi connectivity index (χ4n) is 1.86. The minimum Gasteiger partial charge on any atom is -0.482 e. The number of esters is 1. The van der Waals surface area contributed by atoms with E-state index in [1.165, 1.54) is 0 Å². The van der Waals surface area contributed by atoms with Crippen LogP contribution in [0.2, 0.25) is 5.02 Å². The lowest BCUT2D eigenvalue weighted by Gasteiger charge is -2.08. The highest BCUT2D eigenvalue weighted by atomic mass is 35.5. The topological polar surface area (TPSA) is 81.7 Å². The summed E-state index contributed by atoms with van der Waals surface area (Å²) in [6, 6.07) is 13.2. The average molecular weight is 362 g/mol. The van der Waals surface area contributed by atoms with E-state index >= 15 is 0 Å². The van der Waals surface area contributed by atoms with Crippen molar-refractivity contribution in [2.45, 2.75) is 6.92 Å². The minimum atomic E-state index is -0.727. The van der Waals surface area contributed by atoms with Gasteiger partial charge in [-0.2, -0.15) is 0 Å². The molecule has 130 valence electrons. The molecule has 0 aromatic heterocycles. The van der Waals surface area contributed by atoms with E-state index in [1.807, 2.05) is 6.92 Å². The van der Waals surface area contributed by atoms with Crippen LogP contribution in [0.15, 0.2) is 48.5 Å².